The molecule has 3 nitrogen and oxygen atoms in total. The normalized spacial score (nSPS) is 12.1. The summed E-state index contributed by atoms with van der Waals surface area (Å²) in [6.45, 7) is 0.671. The summed E-state index contributed by atoms with van der Waals surface area (Å²) < 4.78 is 0. The molecular weight excluding hydrogens is 178 g/mol. The van der Waals surface area contributed by atoms with Crippen LogP contribution in [0.25, 0.3) is 0 Å². The number of aldehydes is 1. The molecular formula is C11H15NO2. The average Bonchev–Trinajstić information content (AvgIpc) is 2.26. The van der Waals surface area contributed by atoms with Crippen molar-refractivity contribution in [2.45, 2.75) is 12.5 Å². The standard InChI is InChI=1S/C11H15NO2/c1-12(8-7-11(14)9-13)10-5-3-2-4-6-10/h2-6,9,11,14H,7-8H2,1H3. The molecule has 14 heavy (non-hydrogen) atoms. The third kappa shape index (κ3) is 3.18. The summed E-state index contributed by atoms with van der Waals surface area (Å²) in [7, 11) is 1.94. The molecule has 0 saturated carbocycles. The molecule has 1 aromatic rings. The quantitative estimate of drug-likeness (QED) is 0.711. The van der Waals surface area contributed by atoms with Crippen molar-refractivity contribution >= 4 is 12.0 Å². The molecule has 3 heteroatoms. The Bertz CT molecular complexity index is 274. The molecule has 1 aromatic carbocycles. The minimum absolute atomic E-state index is 0.467. The van der Waals surface area contributed by atoms with Gasteiger partial charge in [0.1, 0.15) is 12.4 Å². The van der Waals surface area contributed by atoms with Crippen molar-refractivity contribution in [3.63, 3.8) is 0 Å². The highest BCUT2D eigenvalue weighted by Gasteiger charge is 2.04. The van der Waals surface area contributed by atoms with E-state index in [1.807, 2.05) is 42.3 Å². The number of hydrogen-bond acceptors (Lipinski definition) is 3. The van der Waals surface area contributed by atoms with Crippen LogP contribution in [0.3, 0.4) is 0 Å². The maximum Gasteiger partial charge on any atom is 0.148 e. The van der Waals surface area contributed by atoms with Crippen molar-refractivity contribution < 1.29 is 9.90 Å². The number of benzene rings is 1. The SMILES string of the molecule is CN(CCC(O)C=O)c1ccccc1. The molecule has 0 saturated heterocycles. The van der Waals surface area contributed by atoms with E-state index in [2.05, 4.69) is 0 Å². The Labute approximate surface area is 84.0 Å². The van der Waals surface area contributed by atoms with E-state index in [1.54, 1.807) is 0 Å². The van der Waals surface area contributed by atoms with Gasteiger partial charge in [0, 0.05) is 19.3 Å². The minimum Gasteiger partial charge on any atom is -0.386 e. The number of para-hydroxylation sites is 1. The second-order valence-corrected chi connectivity index (χ2v) is 3.25. The highest BCUT2D eigenvalue weighted by atomic mass is 16.3. The molecule has 0 fully saturated rings. The molecule has 1 N–H and O–H groups in total. The molecule has 1 atom stereocenters. The van der Waals surface area contributed by atoms with Crippen LogP contribution in [0, 0.1) is 0 Å². The van der Waals surface area contributed by atoms with Crippen molar-refractivity contribution in [2.24, 2.45) is 0 Å². The van der Waals surface area contributed by atoms with Crippen LogP contribution in [0.5, 0.6) is 0 Å². The predicted octanol–water partition coefficient (Wildman–Crippen LogP) is 1.07. The molecule has 0 amide bonds. The molecule has 1 rings (SSSR count). The van der Waals surface area contributed by atoms with Crippen LogP contribution in [-0.2, 0) is 4.79 Å². The summed E-state index contributed by atoms with van der Waals surface area (Å²) in [5.41, 5.74) is 1.09. The summed E-state index contributed by atoms with van der Waals surface area (Å²) in [5, 5.41) is 9.06. The number of aliphatic hydroxyl groups excluding tert-OH is 1. The van der Waals surface area contributed by atoms with Gasteiger partial charge >= 0.3 is 0 Å². The van der Waals surface area contributed by atoms with Gasteiger partial charge in [-0.2, -0.15) is 0 Å². The van der Waals surface area contributed by atoms with E-state index >= 15 is 0 Å². The minimum atomic E-state index is -0.846. The Morgan fingerprint density at radius 1 is 1.43 bits per heavy atom. The van der Waals surface area contributed by atoms with Gasteiger partial charge in [0.25, 0.3) is 0 Å². The van der Waals surface area contributed by atoms with E-state index < -0.39 is 6.10 Å². The van der Waals surface area contributed by atoms with Gasteiger partial charge in [0.15, 0.2) is 0 Å². The fourth-order valence-electron chi connectivity index (χ4n) is 1.21. The molecule has 0 aliphatic carbocycles. The first-order valence-electron chi connectivity index (χ1n) is 4.63. The van der Waals surface area contributed by atoms with Crippen LogP contribution >= 0.6 is 0 Å². The maximum absolute atomic E-state index is 10.2. The summed E-state index contributed by atoms with van der Waals surface area (Å²) in [5.74, 6) is 0. The van der Waals surface area contributed by atoms with Crippen LogP contribution < -0.4 is 4.90 Å². The Hall–Kier alpha value is -1.35. The molecule has 0 bridgehead atoms. The monoisotopic (exact) mass is 193 g/mol. The second kappa shape index (κ2) is 5.40. The molecule has 0 aromatic heterocycles. The van der Waals surface area contributed by atoms with Crippen molar-refractivity contribution in [3.8, 4) is 0 Å². The van der Waals surface area contributed by atoms with E-state index in [0.29, 0.717) is 19.3 Å². The van der Waals surface area contributed by atoms with Gasteiger partial charge in [-0.3, -0.25) is 0 Å². The third-order valence-electron chi connectivity index (χ3n) is 2.11. The van der Waals surface area contributed by atoms with Crippen LogP contribution in [0.15, 0.2) is 30.3 Å². The lowest BCUT2D eigenvalue weighted by Crippen LogP contribution is -2.23. The van der Waals surface area contributed by atoms with E-state index in [4.69, 9.17) is 5.11 Å². The number of carbonyl (C=O) groups excluding carboxylic acids is 1. The van der Waals surface area contributed by atoms with E-state index in [0.717, 1.165) is 5.69 Å². The third-order valence-corrected chi connectivity index (χ3v) is 2.11. The van der Waals surface area contributed by atoms with Gasteiger partial charge in [0.2, 0.25) is 0 Å². The van der Waals surface area contributed by atoms with Gasteiger partial charge in [-0.1, -0.05) is 18.2 Å². The number of hydrogen-bond donors (Lipinski definition) is 1. The zero-order valence-electron chi connectivity index (χ0n) is 8.26. The second-order valence-electron chi connectivity index (χ2n) is 3.25. The topological polar surface area (TPSA) is 40.5 Å². The highest BCUT2D eigenvalue weighted by Crippen LogP contribution is 2.11. The molecule has 0 spiro atoms. The van der Waals surface area contributed by atoms with Crippen LogP contribution in [0.1, 0.15) is 6.42 Å². The van der Waals surface area contributed by atoms with Gasteiger partial charge in [-0.25, -0.2) is 0 Å². The van der Waals surface area contributed by atoms with Gasteiger partial charge in [0.05, 0.1) is 0 Å². The van der Waals surface area contributed by atoms with Gasteiger partial charge < -0.3 is 14.8 Å². The Morgan fingerprint density at radius 3 is 2.64 bits per heavy atom. The number of anilines is 1. The van der Waals surface area contributed by atoms with E-state index in [-0.39, 0.29) is 0 Å². The maximum atomic E-state index is 10.2. The van der Waals surface area contributed by atoms with Crippen molar-refractivity contribution in [1.82, 2.24) is 0 Å². The van der Waals surface area contributed by atoms with Crippen molar-refractivity contribution in [2.75, 3.05) is 18.5 Å². The highest BCUT2D eigenvalue weighted by molar-refractivity contribution is 5.55. The molecule has 0 aliphatic rings. The van der Waals surface area contributed by atoms with Crippen LogP contribution in [0.2, 0.25) is 0 Å². The lowest BCUT2D eigenvalue weighted by atomic mass is 10.2. The molecule has 0 radical (unpaired) electrons. The molecule has 76 valence electrons. The number of aliphatic hydroxyl groups is 1. The lowest BCUT2D eigenvalue weighted by Gasteiger charge is -2.19. The number of carbonyl (C=O) groups is 1. The van der Waals surface area contributed by atoms with E-state index in [1.165, 1.54) is 0 Å². The van der Waals surface area contributed by atoms with Crippen LogP contribution in [-0.4, -0.2) is 31.1 Å². The fourth-order valence-corrected chi connectivity index (χ4v) is 1.21. The Balaban J connectivity index is 2.43. The Kier molecular flexibility index (Phi) is 4.13. The molecule has 1 unspecified atom stereocenters. The summed E-state index contributed by atoms with van der Waals surface area (Å²) >= 11 is 0. The average molecular weight is 193 g/mol. The van der Waals surface area contributed by atoms with E-state index in [9.17, 15) is 4.79 Å². The molecule has 0 heterocycles. The fraction of sp³-hybridized carbons (Fsp3) is 0.364. The first-order valence-corrected chi connectivity index (χ1v) is 4.63. The van der Waals surface area contributed by atoms with Crippen molar-refractivity contribution in [1.29, 1.82) is 0 Å². The molecule has 0 aliphatic heterocycles. The smallest absolute Gasteiger partial charge is 0.148 e. The van der Waals surface area contributed by atoms with Gasteiger partial charge in [-0.05, 0) is 18.6 Å². The lowest BCUT2D eigenvalue weighted by molar-refractivity contribution is -0.114. The van der Waals surface area contributed by atoms with Crippen LogP contribution in [0.4, 0.5) is 5.69 Å². The Morgan fingerprint density at radius 2 is 2.07 bits per heavy atom. The first kappa shape index (κ1) is 10.7. The summed E-state index contributed by atoms with van der Waals surface area (Å²) in [6.07, 6.45) is 0.189. The zero-order valence-corrected chi connectivity index (χ0v) is 8.26. The number of rotatable bonds is 5. The first-order chi connectivity index (χ1) is 6.74. The van der Waals surface area contributed by atoms with Gasteiger partial charge in [-0.15, -0.1) is 0 Å². The summed E-state index contributed by atoms with van der Waals surface area (Å²) in [4.78, 5) is 12.2. The number of nitrogens with zero attached hydrogens (tertiary/aromatic N) is 1. The zero-order chi connectivity index (χ0) is 10.4. The summed E-state index contributed by atoms with van der Waals surface area (Å²) in [6, 6.07) is 9.86. The largest absolute Gasteiger partial charge is 0.386 e. The van der Waals surface area contributed by atoms with Crippen molar-refractivity contribution in [3.05, 3.63) is 30.3 Å². The predicted molar refractivity (Wildman–Crippen MR) is 56.4 cm³/mol.